The topological polar surface area (TPSA) is 64.3 Å². The molecule has 0 aliphatic carbocycles. The van der Waals surface area contributed by atoms with Crippen LogP contribution in [0.4, 0.5) is 0 Å². The first-order chi connectivity index (χ1) is 12.5. The van der Waals surface area contributed by atoms with Gasteiger partial charge in [0.25, 0.3) is 5.56 Å². The first kappa shape index (κ1) is 18.8. The van der Waals surface area contributed by atoms with Gasteiger partial charge in [-0.3, -0.25) is 9.36 Å². The van der Waals surface area contributed by atoms with Crippen LogP contribution in [-0.4, -0.2) is 34.1 Å². The SMILES string of the molecule is COc1ccc(C)cc1-n1c(SCCCO)nc2cc(Cl)ccc2c1=O. The van der Waals surface area contributed by atoms with E-state index < -0.39 is 0 Å². The zero-order valence-electron chi connectivity index (χ0n) is 14.5. The number of aryl methyl sites for hydroxylation is 1. The number of rotatable bonds is 6. The lowest BCUT2D eigenvalue weighted by molar-refractivity contribution is 0.296. The molecule has 0 fully saturated rings. The number of hydrogen-bond acceptors (Lipinski definition) is 5. The molecule has 0 atom stereocenters. The molecular weight excluding hydrogens is 372 g/mol. The summed E-state index contributed by atoms with van der Waals surface area (Å²) in [6.45, 7) is 2.05. The van der Waals surface area contributed by atoms with Crippen LogP contribution < -0.4 is 10.3 Å². The molecular formula is C19H19ClN2O3S. The molecule has 1 heterocycles. The van der Waals surface area contributed by atoms with Crippen molar-refractivity contribution in [3.63, 3.8) is 0 Å². The molecule has 26 heavy (non-hydrogen) atoms. The summed E-state index contributed by atoms with van der Waals surface area (Å²) in [5, 5.41) is 10.6. The van der Waals surface area contributed by atoms with Gasteiger partial charge in [0.05, 0.1) is 23.7 Å². The molecule has 136 valence electrons. The molecule has 1 N–H and O–H groups in total. The third kappa shape index (κ3) is 3.72. The second kappa shape index (κ2) is 8.12. The number of hydrogen-bond donors (Lipinski definition) is 1. The first-order valence-electron chi connectivity index (χ1n) is 8.16. The van der Waals surface area contributed by atoms with E-state index in [0.717, 1.165) is 5.56 Å². The maximum atomic E-state index is 13.2. The molecule has 5 nitrogen and oxygen atoms in total. The summed E-state index contributed by atoms with van der Waals surface area (Å²) in [5.41, 5.74) is 2.03. The van der Waals surface area contributed by atoms with Crippen LogP contribution in [0.15, 0.2) is 46.3 Å². The van der Waals surface area contributed by atoms with Crippen LogP contribution in [0.5, 0.6) is 5.75 Å². The van der Waals surface area contributed by atoms with E-state index in [-0.39, 0.29) is 12.2 Å². The van der Waals surface area contributed by atoms with E-state index in [1.54, 1.807) is 29.9 Å². The number of benzene rings is 2. The van der Waals surface area contributed by atoms with Crippen molar-refractivity contribution in [2.45, 2.75) is 18.5 Å². The Morgan fingerprint density at radius 3 is 2.81 bits per heavy atom. The molecule has 0 radical (unpaired) electrons. The molecule has 0 saturated carbocycles. The maximum Gasteiger partial charge on any atom is 0.266 e. The van der Waals surface area contributed by atoms with E-state index in [2.05, 4.69) is 4.98 Å². The summed E-state index contributed by atoms with van der Waals surface area (Å²) in [4.78, 5) is 17.9. The van der Waals surface area contributed by atoms with Crippen LogP contribution in [0, 0.1) is 6.92 Å². The van der Waals surface area contributed by atoms with Gasteiger partial charge < -0.3 is 9.84 Å². The number of aliphatic hydroxyl groups is 1. The average molecular weight is 391 g/mol. The Balaban J connectivity index is 2.29. The third-order valence-corrected chi connectivity index (χ3v) is 5.17. The molecule has 0 spiro atoms. The Kier molecular flexibility index (Phi) is 5.86. The lowest BCUT2D eigenvalue weighted by Gasteiger charge is -2.16. The van der Waals surface area contributed by atoms with Crippen molar-refractivity contribution in [1.29, 1.82) is 0 Å². The van der Waals surface area contributed by atoms with E-state index in [1.165, 1.54) is 11.8 Å². The Labute approximate surface area is 160 Å². The fraction of sp³-hybridized carbons (Fsp3) is 0.263. The number of thioether (sulfide) groups is 1. The molecule has 2 aromatic carbocycles. The van der Waals surface area contributed by atoms with Crippen molar-refractivity contribution in [2.24, 2.45) is 0 Å². The Hall–Kier alpha value is -2.02. The molecule has 0 amide bonds. The summed E-state index contributed by atoms with van der Waals surface area (Å²) >= 11 is 7.49. The largest absolute Gasteiger partial charge is 0.495 e. The highest BCUT2D eigenvalue weighted by molar-refractivity contribution is 7.99. The number of nitrogens with zero attached hydrogens (tertiary/aromatic N) is 2. The minimum Gasteiger partial charge on any atom is -0.495 e. The molecule has 7 heteroatoms. The second-order valence-corrected chi connectivity index (χ2v) is 7.30. The van der Waals surface area contributed by atoms with Crippen molar-refractivity contribution >= 4 is 34.3 Å². The minimum atomic E-state index is -0.179. The van der Waals surface area contributed by atoms with E-state index in [9.17, 15) is 4.79 Å². The highest BCUT2D eigenvalue weighted by atomic mass is 35.5. The summed E-state index contributed by atoms with van der Waals surface area (Å²) in [6.07, 6.45) is 0.610. The van der Waals surface area contributed by atoms with Crippen molar-refractivity contribution in [3.8, 4) is 11.4 Å². The van der Waals surface area contributed by atoms with Gasteiger partial charge in [-0.1, -0.05) is 29.4 Å². The molecule has 1 aromatic heterocycles. The number of aliphatic hydroxyl groups excluding tert-OH is 1. The smallest absolute Gasteiger partial charge is 0.266 e. The van der Waals surface area contributed by atoms with Crippen LogP contribution in [0.2, 0.25) is 5.02 Å². The molecule has 0 unspecified atom stereocenters. The maximum absolute atomic E-state index is 13.2. The van der Waals surface area contributed by atoms with E-state index in [4.69, 9.17) is 21.4 Å². The Morgan fingerprint density at radius 2 is 2.08 bits per heavy atom. The zero-order valence-corrected chi connectivity index (χ0v) is 16.1. The van der Waals surface area contributed by atoms with Gasteiger partial charge in [-0.05, 0) is 49.2 Å². The van der Waals surface area contributed by atoms with Crippen molar-refractivity contribution in [3.05, 3.63) is 57.3 Å². The van der Waals surface area contributed by atoms with E-state index >= 15 is 0 Å². The predicted molar refractivity (Wildman–Crippen MR) is 106 cm³/mol. The monoisotopic (exact) mass is 390 g/mol. The molecule has 3 rings (SSSR count). The van der Waals surface area contributed by atoms with Gasteiger partial charge in [0.2, 0.25) is 0 Å². The van der Waals surface area contributed by atoms with Gasteiger partial charge in [0, 0.05) is 17.4 Å². The molecule has 0 bridgehead atoms. The van der Waals surface area contributed by atoms with Gasteiger partial charge in [-0.2, -0.15) is 0 Å². The third-order valence-electron chi connectivity index (χ3n) is 3.91. The summed E-state index contributed by atoms with van der Waals surface area (Å²) < 4.78 is 7.04. The van der Waals surface area contributed by atoms with Gasteiger partial charge in [-0.25, -0.2) is 4.98 Å². The summed E-state index contributed by atoms with van der Waals surface area (Å²) in [6, 6.07) is 10.7. The predicted octanol–water partition coefficient (Wildman–Crippen LogP) is 3.83. The van der Waals surface area contributed by atoms with Gasteiger partial charge in [-0.15, -0.1) is 0 Å². The van der Waals surface area contributed by atoms with Crippen molar-refractivity contribution in [1.82, 2.24) is 9.55 Å². The average Bonchev–Trinajstić information content (AvgIpc) is 2.62. The number of methoxy groups -OCH3 is 1. The molecule has 0 aliphatic heterocycles. The number of halogens is 1. The molecule has 3 aromatic rings. The van der Waals surface area contributed by atoms with Crippen molar-refractivity contribution in [2.75, 3.05) is 19.5 Å². The standard InChI is InChI=1S/C19H19ClN2O3S/c1-12-4-7-17(25-2)16(10-12)22-18(24)14-6-5-13(20)11-15(14)21-19(22)26-9-3-8-23/h4-7,10-11,23H,3,8-9H2,1-2H3. The highest BCUT2D eigenvalue weighted by Gasteiger charge is 2.17. The summed E-state index contributed by atoms with van der Waals surface area (Å²) in [7, 11) is 1.58. The minimum absolute atomic E-state index is 0.0877. The van der Waals surface area contributed by atoms with Gasteiger partial charge >= 0.3 is 0 Å². The fourth-order valence-corrected chi connectivity index (χ4v) is 3.75. The van der Waals surface area contributed by atoms with Crippen LogP contribution in [0.3, 0.4) is 0 Å². The number of ether oxygens (including phenoxy) is 1. The molecule has 0 aliphatic rings. The Bertz CT molecular complexity index is 1000. The number of fused-ring (bicyclic) bond motifs is 1. The van der Waals surface area contributed by atoms with E-state index in [1.807, 2.05) is 25.1 Å². The normalized spacial score (nSPS) is 11.1. The quantitative estimate of drug-likeness (QED) is 0.393. The second-order valence-electron chi connectivity index (χ2n) is 5.80. The van der Waals surface area contributed by atoms with Gasteiger partial charge in [0.15, 0.2) is 5.16 Å². The summed E-state index contributed by atoms with van der Waals surface area (Å²) in [5.74, 6) is 1.24. The van der Waals surface area contributed by atoms with Crippen LogP contribution >= 0.6 is 23.4 Å². The first-order valence-corrected chi connectivity index (χ1v) is 9.52. The molecule has 0 saturated heterocycles. The number of aromatic nitrogens is 2. The van der Waals surface area contributed by atoms with Crippen LogP contribution in [-0.2, 0) is 0 Å². The lowest BCUT2D eigenvalue weighted by atomic mass is 10.2. The van der Waals surface area contributed by atoms with E-state index in [0.29, 0.717) is 44.7 Å². The van der Waals surface area contributed by atoms with Gasteiger partial charge in [0.1, 0.15) is 5.75 Å². The van der Waals surface area contributed by atoms with Crippen molar-refractivity contribution < 1.29 is 9.84 Å². The highest BCUT2D eigenvalue weighted by Crippen LogP contribution is 2.29. The van der Waals surface area contributed by atoms with Crippen LogP contribution in [0.25, 0.3) is 16.6 Å². The zero-order chi connectivity index (χ0) is 18.7. The fourth-order valence-electron chi connectivity index (χ4n) is 2.65. The van der Waals surface area contributed by atoms with Crippen LogP contribution in [0.1, 0.15) is 12.0 Å². The lowest BCUT2D eigenvalue weighted by Crippen LogP contribution is -2.22. The Morgan fingerprint density at radius 1 is 1.27 bits per heavy atom.